The van der Waals surface area contributed by atoms with Crippen molar-refractivity contribution < 1.29 is 17.9 Å². The summed E-state index contributed by atoms with van der Waals surface area (Å²) in [4.78, 5) is 14.3. The highest BCUT2D eigenvalue weighted by molar-refractivity contribution is 9.10. The number of cyclic esters (lactones) is 1. The highest BCUT2D eigenvalue weighted by Crippen LogP contribution is 2.34. The predicted octanol–water partition coefficient (Wildman–Crippen LogP) is 4.41. The summed E-state index contributed by atoms with van der Waals surface area (Å²) >= 11 is 9.29. The number of hydrogen-bond donors (Lipinski definition) is 0. The van der Waals surface area contributed by atoms with Crippen molar-refractivity contribution in [1.82, 2.24) is 4.31 Å². The Hall–Kier alpha value is -1.61. The van der Waals surface area contributed by atoms with Crippen LogP contribution < -0.4 is 4.90 Å². The summed E-state index contributed by atoms with van der Waals surface area (Å²) in [7, 11) is -3.58. The minimum atomic E-state index is -3.58. The third-order valence-corrected chi connectivity index (χ3v) is 7.75. The second-order valence-electron chi connectivity index (χ2n) is 6.79. The summed E-state index contributed by atoms with van der Waals surface area (Å²) < 4.78 is 33.4. The average molecular weight is 486 g/mol. The molecule has 1 saturated heterocycles. The molecular weight excluding hydrogens is 468 g/mol. The Labute approximate surface area is 177 Å². The van der Waals surface area contributed by atoms with E-state index >= 15 is 0 Å². The number of piperidine rings is 1. The molecule has 9 heteroatoms. The molecule has 0 N–H and O–H groups in total. The molecule has 0 saturated carbocycles. The maximum absolute atomic E-state index is 12.9. The summed E-state index contributed by atoms with van der Waals surface area (Å²) in [6.45, 7) is 0.921. The number of carbonyl (C=O) groups is 1. The lowest BCUT2D eigenvalue weighted by molar-refractivity contribution is 0.135. The predicted molar refractivity (Wildman–Crippen MR) is 110 cm³/mol. The first-order valence-corrected chi connectivity index (χ1v) is 11.5. The normalized spacial score (nSPS) is 18.6. The monoisotopic (exact) mass is 484 g/mol. The van der Waals surface area contributed by atoms with E-state index in [1.54, 1.807) is 17.0 Å². The van der Waals surface area contributed by atoms with E-state index in [-0.39, 0.29) is 23.6 Å². The van der Waals surface area contributed by atoms with Crippen LogP contribution in [-0.4, -0.2) is 37.9 Å². The van der Waals surface area contributed by atoms with Crippen LogP contribution in [0.15, 0.2) is 51.8 Å². The highest BCUT2D eigenvalue weighted by atomic mass is 79.9. The van der Waals surface area contributed by atoms with Gasteiger partial charge in [-0.1, -0.05) is 27.5 Å². The number of nitrogens with zero attached hydrogens (tertiary/aromatic N) is 2. The molecule has 1 fully saturated rings. The maximum atomic E-state index is 12.9. The Balaban J connectivity index is 1.52. The molecule has 0 aromatic heterocycles. The number of rotatable bonds is 3. The van der Waals surface area contributed by atoms with Crippen molar-refractivity contribution in [3.8, 4) is 0 Å². The van der Waals surface area contributed by atoms with Gasteiger partial charge in [-0.3, -0.25) is 4.90 Å². The minimum absolute atomic E-state index is 0.107. The number of benzene rings is 2. The number of sulfonamides is 1. The molecule has 148 valence electrons. The number of hydrogen-bond acceptors (Lipinski definition) is 4. The average Bonchev–Trinajstić information content (AvgIpc) is 2.68. The van der Waals surface area contributed by atoms with Gasteiger partial charge in [0.2, 0.25) is 10.0 Å². The second-order valence-corrected chi connectivity index (χ2v) is 10.1. The van der Waals surface area contributed by atoms with Crippen molar-refractivity contribution in [3.63, 3.8) is 0 Å². The Morgan fingerprint density at radius 1 is 1.07 bits per heavy atom. The lowest BCUT2D eigenvalue weighted by Crippen LogP contribution is -2.50. The van der Waals surface area contributed by atoms with E-state index in [9.17, 15) is 13.2 Å². The summed E-state index contributed by atoms with van der Waals surface area (Å²) in [5.74, 6) is 0. The van der Waals surface area contributed by atoms with Crippen LogP contribution in [-0.2, 0) is 21.4 Å². The van der Waals surface area contributed by atoms with Gasteiger partial charge in [0.05, 0.1) is 10.6 Å². The summed E-state index contributed by atoms with van der Waals surface area (Å²) in [5, 5.41) is 0.492. The molecule has 0 aliphatic carbocycles. The minimum Gasteiger partial charge on any atom is -0.444 e. The molecule has 0 unspecified atom stereocenters. The van der Waals surface area contributed by atoms with Gasteiger partial charge in [-0.05, 0) is 55.3 Å². The van der Waals surface area contributed by atoms with Crippen molar-refractivity contribution >= 4 is 49.3 Å². The van der Waals surface area contributed by atoms with Crippen molar-refractivity contribution in [3.05, 3.63) is 57.5 Å². The van der Waals surface area contributed by atoms with Crippen molar-refractivity contribution in [1.29, 1.82) is 0 Å². The molecule has 4 rings (SSSR count). The van der Waals surface area contributed by atoms with Gasteiger partial charge in [0.15, 0.2) is 0 Å². The molecule has 2 heterocycles. The summed E-state index contributed by atoms with van der Waals surface area (Å²) in [6, 6.07) is 11.8. The largest absolute Gasteiger partial charge is 0.444 e. The summed E-state index contributed by atoms with van der Waals surface area (Å²) in [6.07, 6.45) is 0.698. The zero-order valence-electron chi connectivity index (χ0n) is 14.8. The third kappa shape index (κ3) is 3.66. The van der Waals surface area contributed by atoms with Gasteiger partial charge in [-0.2, -0.15) is 4.31 Å². The molecule has 2 aliphatic rings. The Bertz CT molecular complexity index is 1010. The number of fused-ring (bicyclic) bond motifs is 1. The standard InChI is InChI=1S/C19H18BrClN2O4S/c20-14-1-6-18-13(11-14)12-27-19(24)23(18)16-7-9-22(10-8-16)28(25,26)17-4-2-15(21)3-5-17/h1-6,11,16H,7-10,12H2. The Kier molecular flexibility index (Phi) is 5.39. The highest BCUT2D eigenvalue weighted by Gasteiger charge is 2.37. The van der Waals surface area contributed by atoms with Crippen LogP contribution in [0.2, 0.25) is 5.02 Å². The van der Waals surface area contributed by atoms with Crippen LogP contribution >= 0.6 is 27.5 Å². The molecule has 2 aromatic rings. The third-order valence-electron chi connectivity index (χ3n) is 5.09. The van der Waals surface area contributed by atoms with Gasteiger partial charge in [-0.15, -0.1) is 0 Å². The van der Waals surface area contributed by atoms with E-state index in [1.165, 1.54) is 16.4 Å². The molecule has 0 bridgehead atoms. The van der Waals surface area contributed by atoms with E-state index in [1.807, 2.05) is 18.2 Å². The lowest BCUT2D eigenvalue weighted by atomic mass is 10.0. The second kappa shape index (κ2) is 7.67. The van der Waals surface area contributed by atoms with Crippen LogP contribution in [0.4, 0.5) is 10.5 Å². The molecule has 0 atom stereocenters. The number of carbonyl (C=O) groups excluding carboxylic acids is 1. The van der Waals surface area contributed by atoms with Gasteiger partial charge in [0, 0.05) is 34.2 Å². The van der Waals surface area contributed by atoms with Crippen LogP contribution in [0.25, 0.3) is 0 Å². The van der Waals surface area contributed by atoms with E-state index in [0.29, 0.717) is 31.0 Å². The van der Waals surface area contributed by atoms with E-state index < -0.39 is 10.0 Å². The van der Waals surface area contributed by atoms with E-state index in [2.05, 4.69) is 15.9 Å². The zero-order valence-corrected chi connectivity index (χ0v) is 18.0. The Morgan fingerprint density at radius 3 is 2.43 bits per heavy atom. The van der Waals surface area contributed by atoms with Crippen molar-refractivity contribution in [2.75, 3.05) is 18.0 Å². The quantitative estimate of drug-likeness (QED) is 0.646. The van der Waals surface area contributed by atoms with Crippen LogP contribution in [0.5, 0.6) is 0 Å². The molecule has 2 aliphatic heterocycles. The molecular formula is C19H18BrClN2O4S. The number of anilines is 1. The van der Waals surface area contributed by atoms with Crippen LogP contribution in [0.3, 0.4) is 0 Å². The molecule has 1 amide bonds. The SMILES string of the molecule is O=C1OCc2cc(Br)ccc2N1C1CCN(S(=O)(=O)c2ccc(Cl)cc2)CC1. The fourth-order valence-electron chi connectivity index (χ4n) is 3.65. The molecule has 28 heavy (non-hydrogen) atoms. The lowest BCUT2D eigenvalue weighted by Gasteiger charge is -2.39. The first-order chi connectivity index (χ1) is 13.4. The van der Waals surface area contributed by atoms with Crippen molar-refractivity contribution in [2.24, 2.45) is 0 Å². The van der Waals surface area contributed by atoms with Gasteiger partial charge >= 0.3 is 6.09 Å². The maximum Gasteiger partial charge on any atom is 0.414 e. The van der Waals surface area contributed by atoms with Gasteiger partial charge < -0.3 is 4.74 Å². The number of halogens is 2. The fraction of sp³-hybridized carbons (Fsp3) is 0.316. The number of amides is 1. The fourth-order valence-corrected chi connectivity index (χ4v) is 5.66. The van der Waals surface area contributed by atoms with E-state index in [0.717, 1.165) is 15.7 Å². The Morgan fingerprint density at radius 2 is 1.75 bits per heavy atom. The van der Waals surface area contributed by atoms with Gasteiger partial charge in [0.25, 0.3) is 0 Å². The van der Waals surface area contributed by atoms with Crippen LogP contribution in [0.1, 0.15) is 18.4 Å². The molecule has 0 radical (unpaired) electrons. The van der Waals surface area contributed by atoms with Gasteiger partial charge in [0.1, 0.15) is 6.61 Å². The first kappa shape index (κ1) is 19.7. The molecule has 6 nitrogen and oxygen atoms in total. The molecule has 2 aromatic carbocycles. The van der Waals surface area contributed by atoms with E-state index in [4.69, 9.17) is 16.3 Å². The van der Waals surface area contributed by atoms with Crippen molar-refractivity contribution in [2.45, 2.75) is 30.4 Å². The zero-order chi connectivity index (χ0) is 19.9. The van der Waals surface area contributed by atoms with Crippen LogP contribution in [0, 0.1) is 0 Å². The van der Waals surface area contributed by atoms with Gasteiger partial charge in [-0.25, -0.2) is 13.2 Å². The number of ether oxygens (including phenoxy) is 1. The molecule has 0 spiro atoms. The topological polar surface area (TPSA) is 66.9 Å². The smallest absolute Gasteiger partial charge is 0.414 e. The summed E-state index contributed by atoms with van der Waals surface area (Å²) in [5.41, 5.74) is 1.77. The first-order valence-electron chi connectivity index (χ1n) is 8.86.